The third-order valence-corrected chi connectivity index (χ3v) is 4.93. The molecule has 0 fully saturated rings. The number of esters is 2. The molecule has 1 aromatic heterocycles. The molecular formula is C23H14N2O10. The van der Waals surface area contributed by atoms with Crippen LogP contribution in [0.25, 0.3) is 0 Å². The normalized spacial score (nSPS) is 12.3. The molecule has 0 atom stereocenters. The average molecular weight is 478 g/mol. The molecule has 12 nitrogen and oxygen atoms in total. The van der Waals surface area contributed by atoms with Crippen LogP contribution < -0.4 is 4.74 Å². The molecule has 3 aromatic rings. The van der Waals surface area contributed by atoms with Gasteiger partial charge in [0.25, 0.3) is 17.5 Å². The van der Waals surface area contributed by atoms with E-state index in [9.17, 15) is 34.1 Å². The first-order valence-corrected chi connectivity index (χ1v) is 9.94. The molecule has 0 saturated carbocycles. The SMILES string of the molecule is O=C(CN1C(=O)c2cccc([N+](=O)[O-])c2C1=O)OCC(=O)c1ccc(OC(=O)c2ccco2)cc1. The van der Waals surface area contributed by atoms with Crippen LogP contribution in [0.4, 0.5) is 5.69 Å². The largest absolute Gasteiger partial charge is 0.457 e. The quantitative estimate of drug-likeness (QED) is 0.117. The monoisotopic (exact) mass is 478 g/mol. The van der Waals surface area contributed by atoms with Crippen LogP contribution in [0.1, 0.15) is 41.6 Å². The molecule has 4 rings (SSSR count). The highest BCUT2D eigenvalue weighted by Crippen LogP contribution is 2.30. The van der Waals surface area contributed by atoms with Crippen LogP contribution >= 0.6 is 0 Å². The minimum absolute atomic E-state index is 0.00438. The first-order chi connectivity index (χ1) is 16.8. The highest BCUT2D eigenvalue weighted by atomic mass is 16.6. The lowest BCUT2D eigenvalue weighted by Gasteiger charge is -2.12. The molecular weight excluding hydrogens is 464 g/mol. The van der Waals surface area contributed by atoms with Crippen LogP contribution in [-0.2, 0) is 9.53 Å². The fourth-order valence-electron chi connectivity index (χ4n) is 3.28. The number of nitrogens with zero attached hydrogens (tertiary/aromatic N) is 2. The van der Waals surface area contributed by atoms with Crippen molar-refractivity contribution in [3.05, 3.63) is 93.4 Å². The molecule has 0 saturated heterocycles. The van der Waals surface area contributed by atoms with E-state index in [1.54, 1.807) is 0 Å². The van der Waals surface area contributed by atoms with Gasteiger partial charge in [0.2, 0.25) is 5.76 Å². The number of carbonyl (C=O) groups is 5. The van der Waals surface area contributed by atoms with Gasteiger partial charge in [-0.2, -0.15) is 0 Å². The highest BCUT2D eigenvalue weighted by molar-refractivity contribution is 6.24. The third-order valence-electron chi connectivity index (χ3n) is 4.93. The summed E-state index contributed by atoms with van der Waals surface area (Å²) in [5, 5.41) is 11.1. The van der Waals surface area contributed by atoms with Crippen molar-refractivity contribution in [3.8, 4) is 5.75 Å². The Bertz CT molecular complexity index is 1360. The zero-order valence-electron chi connectivity index (χ0n) is 17.7. The van der Waals surface area contributed by atoms with Crippen molar-refractivity contribution in [2.75, 3.05) is 13.2 Å². The number of ether oxygens (including phenoxy) is 2. The second-order valence-electron chi connectivity index (χ2n) is 7.13. The number of Topliss-reactive ketones (excluding diaryl/α,β-unsaturated/α-hetero) is 1. The van der Waals surface area contributed by atoms with E-state index in [-0.39, 0.29) is 22.6 Å². The number of amides is 2. The maximum absolute atomic E-state index is 12.5. The highest BCUT2D eigenvalue weighted by Gasteiger charge is 2.42. The molecule has 0 spiro atoms. The van der Waals surface area contributed by atoms with Gasteiger partial charge in [-0.25, -0.2) is 4.79 Å². The fourth-order valence-corrected chi connectivity index (χ4v) is 3.28. The first-order valence-electron chi connectivity index (χ1n) is 9.94. The smallest absolute Gasteiger partial charge is 0.379 e. The van der Waals surface area contributed by atoms with Gasteiger partial charge in [-0.05, 0) is 42.5 Å². The molecule has 0 bridgehead atoms. The number of furan rings is 1. The lowest BCUT2D eigenvalue weighted by atomic mass is 10.1. The lowest BCUT2D eigenvalue weighted by molar-refractivity contribution is -0.385. The van der Waals surface area contributed by atoms with Gasteiger partial charge in [0.1, 0.15) is 17.9 Å². The van der Waals surface area contributed by atoms with Gasteiger partial charge in [-0.1, -0.05) is 6.07 Å². The van der Waals surface area contributed by atoms with Crippen molar-refractivity contribution in [3.63, 3.8) is 0 Å². The Kier molecular flexibility index (Phi) is 6.18. The summed E-state index contributed by atoms with van der Waals surface area (Å²) in [6, 6.07) is 12.0. The molecule has 2 heterocycles. The molecule has 1 aliphatic heterocycles. The van der Waals surface area contributed by atoms with Gasteiger partial charge in [0.15, 0.2) is 12.4 Å². The van der Waals surface area contributed by atoms with Crippen molar-refractivity contribution in [1.29, 1.82) is 0 Å². The summed E-state index contributed by atoms with van der Waals surface area (Å²) in [4.78, 5) is 72.1. The standard InChI is InChI=1S/C23H14N2O10/c26-17(13-6-8-14(9-7-13)35-23(30)18-5-2-10-33-18)12-34-19(27)11-24-21(28)15-3-1-4-16(25(31)32)20(15)22(24)29/h1-10H,11-12H2. The molecule has 0 radical (unpaired) electrons. The lowest BCUT2D eigenvalue weighted by Crippen LogP contribution is -2.36. The summed E-state index contributed by atoms with van der Waals surface area (Å²) in [7, 11) is 0. The van der Waals surface area contributed by atoms with Gasteiger partial charge >= 0.3 is 11.9 Å². The molecule has 176 valence electrons. The molecule has 12 heteroatoms. The number of imide groups is 1. The molecule has 2 aromatic carbocycles. The zero-order valence-corrected chi connectivity index (χ0v) is 17.7. The van der Waals surface area contributed by atoms with Crippen LogP contribution in [0, 0.1) is 10.1 Å². The second-order valence-corrected chi connectivity index (χ2v) is 7.13. The minimum Gasteiger partial charge on any atom is -0.457 e. The Morgan fingerprint density at radius 1 is 0.971 bits per heavy atom. The summed E-state index contributed by atoms with van der Waals surface area (Å²) in [6.07, 6.45) is 1.32. The number of ketones is 1. The number of hydrogen-bond donors (Lipinski definition) is 0. The van der Waals surface area contributed by atoms with E-state index in [1.807, 2.05) is 0 Å². The summed E-state index contributed by atoms with van der Waals surface area (Å²) < 4.78 is 14.9. The number of rotatable bonds is 8. The predicted molar refractivity (Wildman–Crippen MR) is 114 cm³/mol. The Morgan fingerprint density at radius 3 is 2.37 bits per heavy atom. The molecule has 0 N–H and O–H groups in total. The summed E-state index contributed by atoms with van der Waals surface area (Å²) in [5.74, 6) is -4.09. The van der Waals surface area contributed by atoms with Crippen molar-refractivity contribution in [2.24, 2.45) is 0 Å². The average Bonchev–Trinajstić information content (AvgIpc) is 3.47. The Hall–Kier alpha value is -5.13. The van der Waals surface area contributed by atoms with E-state index in [2.05, 4.69) is 0 Å². The summed E-state index contributed by atoms with van der Waals surface area (Å²) in [6.45, 7) is -1.51. The number of hydrogen-bond acceptors (Lipinski definition) is 10. The van der Waals surface area contributed by atoms with E-state index in [1.165, 1.54) is 54.8 Å². The van der Waals surface area contributed by atoms with Gasteiger partial charge in [-0.15, -0.1) is 0 Å². The van der Waals surface area contributed by atoms with Crippen LogP contribution in [0.5, 0.6) is 5.75 Å². The van der Waals surface area contributed by atoms with Crippen molar-refractivity contribution >= 4 is 35.2 Å². The molecule has 0 aliphatic carbocycles. The maximum Gasteiger partial charge on any atom is 0.379 e. The molecule has 35 heavy (non-hydrogen) atoms. The van der Waals surface area contributed by atoms with Crippen molar-refractivity contribution in [1.82, 2.24) is 4.90 Å². The minimum atomic E-state index is -1.06. The van der Waals surface area contributed by atoms with E-state index >= 15 is 0 Å². The Balaban J connectivity index is 1.32. The Labute approximate surface area is 195 Å². The van der Waals surface area contributed by atoms with Crippen LogP contribution in [0.2, 0.25) is 0 Å². The first kappa shape index (κ1) is 23.0. The van der Waals surface area contributed by atoms with Crippen LogP contribution in [0.3, 0.4) is 0 Å². The van der Waals surface area contributed by atoms with Crippen LogP contribution in [-0.4, -0.2) is 52.5 Å². The van der Waals surface area contributed by atoms with E-state index in [0.717, 1.165) is 6.07 Å². The number of nitro benzene ring substituents is 1. The zero-order chi connectivity index (χ0) is 25.1. The maximum atomic E-state index is 12.5. The van der Waals surface area contributed by atoms with Crippen molar-refractivity contribution in [2.45, 2.75) is 0 Å². The second kappa shape index (κ2) is 9.39. The number of fused-ring (bicyclic) bond motifs is 1. The van der Waals surface area contributed by atoms with Crippen molar-refractivity contribution < 1.29 is 42.8 Å². The molecule has 0 unspecified atom stereocenters. The van der Waals surface area contributed by atoms with E-state index < -0.39 is 58.9 Å². The Morgan fingerprint density at radius 2 is 1.71 bits per heavy atom. The number of nitro groups is 1. The summed E-state index contributed by atoms with van der Waals surface area (Å²) in [5.41, 5.74) is -1.00. The summed E-state index contributed by atoms with van der Waals surface area (Å²) >= 11 is 0. The van der Waals surface area contributed by atoms with Gasteiger partial charge < -0.3 is 13.9 Å². The van der Waals surface area contributed by atoms with Gasteiger partial charge in [-0.3, -0.25) is 34.2 Å². The third kappa shape index (κ3) is 4.66. The van der Waals surface area contributed by atoms with Crippen LogP contribution in [0.15, 0.2) is 65.3 Å². The molecule has 2 amide bonds. The topological polar surface area (TPSA) is 163 Å². The number of benzene rings is 2. The van der Waals surface area contributed by atoms with Gasteiger partial charge in [0.05, 0.1) is 16.7 Å². The predicted octanol–water partition coefficient (Wildman–Crippen LogP) is 2.43. The van der Waals surface area contributed by atoms with E-state index in [0.29, 0.717) is 4.90 Å². The van der Waals surface area contributed by atoms with Gasteiger partial charge in [0, 0.05) is 11.6 Å². The van der Waals surface area contributed by atoms with E-state index in [4.69, 9.17) is 13.9 Å². The number of carbonyl (C=O) groups excluding carboxylic acids is 5. The molecule has 1 aliphatic rings. The fraction of sp³-hybridized carbons (Fsp3) is 0.0870.